The highest BCUT2D eigenvalue weighted by Crippen LogP contribution is 2.18. The van der Waals surface area contributed by atoms with E-state index in [2.05, 4.69) is 24.5 Å². The number of phenols is 1. The van der Waals surface area contributed by atoms with E-state index in [4.69, 9.17) is 0 Å². The van der Waals surface area contributed by atoms with Crippen LogP contribution in [-0.4, -0.2) is 29.5 Å². The Balaban J connectivity index is 2.31. The summed E-state index contributed by atoms with van der Waals surface area (Å²) >= 11 is 0. The Morgan fingerprint density at radius 2 is 1.09 bits per heavy atom. The Morgan fingerprint density at radius 3 is 1.56 bits per heavy atom. The van der Waals surface area contributed by atoms with Crippen molar-refractivity contribution in [3.05, 3.63) is 29.3 Å². The van der Waals surface area contributed by atoms with Crippen molar-refractivity contribution in [1.82, 2.24) is 10.6 Å². The van der Waals surface area contributed by atoms with Gasteiger partial charge in [-0.25, -0.2) is 0 Å². The first-order valence-electron chi connectivity index (χ1n) is 18.3. The number of benzene rings is 1. The quantitative estimate of drug-likeness (QED) is 0.0801. The fourth-order valence-corrected chi connectivity index (χ4v) is 5.81. The maximum Gasteiger partial charge on any atom is 0.242 e. The third kappa shape index (κ3) is 22.2. The second kappa shape index (κ2) is 27.5. The molecule has 3 N–H and O–H groups in total. The van der Waals surface area contributed by atoms with Crippen LogP contribution < -0.4 is 10.6 Å². The molecule has 0 aromatic heterocycles. The van der Waals surface area contributed by atoms with E-state index in [0.29, 0.717) is 19.4 Å². The van der Waals surface area contributed by atoms with Crippen LogP contribution in [0.4, 0.5) is 0 Å². The van der Waals surface area contributed by atoms with Crippen LogP contribution in [0.15, 0.2) is 18.2 Å². The number of nitrogens with one attached hydrogen (secondary N) is 2. The fourth-order valence-electron chi connectivity index (χ4n) is 5.81. The summed E-state index contributed by atoms with van der Waals surface area (Å²) < 4.78 is 0. The number of hydrogen-bond acceptors (Lipinski definition) is 3. The summed E-state index contributed by atoms with van der Waals surface area (Å²) in [4.78, 5) is 25.9. The van der Waals surface area contributed by atoms with Crippen LogP contribution in [0.3, 0.4) is 0 Å². The van der Waals surface area contributed by atoms with E-state index in [9.17, 15) is 14.7 Å². The van der Waals surface area contributed by atoms with Gasteiger partial charge in [0.2, 0.25) is 11.8 Å². The number of phenolic OH excluding ortho intramolecular Hbond substituents is 1. The molecular weight excluding hydrogens is 532 g/mol. The number of unbranched alkanes of at least 4 members (excludes halogenated alkanes) is 21. The van der Waals surface area contributed by atoms with E-state index in [0.717, 1.165) is 36.8 Å². The Kier molecular flexibility index (Phi) is 24.9. The zero-order valence-corrected chi connectivity index (χ0v) is 28.5. The number of aromatic hydroxyl groups is 1. The molecule has 0 heterocycles. The van der Waals surface area contributed by atoms with Gasteiger partial charge in [-0.2, -0.15) is 0 Å². The van der Waals surface area contributed by atoms with Crippen molar-refractivity contribution in [1.29, 1.82) is 0 Å². The minimum atomic E-state index is -0.596. The SMILES string of the molecule is CCCCCCCCCCCCCCNC(=O)C(Cc1ccc(O)c(C)c1)NC(=O)CCCCCCCCCCCCC. The van der Waals surface area contributed by atoms with Crippen molar-refractivity contribution in [3.63, 3.8) is 0 Å². The lowest BCUT2D eigenvalue weighted by molar-refractivity contribution is -0.129. The lowest BCUT2D eigenvalue weighted by atomic mass is 10.0. The number of hydrogen-bond donors (Lipinski definition) is 3. The van der Waals surface area contributed by atoms with Crippen molar-refractivity contribution < 1.29 is 14.7 Å². The monoisotopic (exact) mass is 601 g/mol. The molecule has 0 radical (unpaired) electrons. The molecule has 0 bridgehead atoms. The molecule has 0 aliphatic carbocycles. The maximum atomic E-state index is 13.1. The zero-order valence-electron chi connectivity index (χ0n) is 28.5. The summed E-state index contributed by atoms with van der Waals surface area (Å²) in [5, 5.41) is 16.0. The fraction of sp³-hybridized carbons (Fsp3) is 0.789. The predicted octanol–water partition coefficient (Wildman–Crippen LogP) is 10.2. The summed E-state index contributed by atoms with van der Waals surface area (Å²) in [6.07, 6.45) is 30.1. The van der Waals surface area contributed by atoms with Gasteiger partial charge in [0.1, 0.15) is 11.8 Å². The Labute approximate surface area is 265 Å². The van der Waals surface area contributed by atoms with Crippen LogP contribution in [0.5, 0.6) is 5.75 Å². The van der Waals surface area contributed by atoms with E-state index < -0.39 is 6.04 Å². The third-order valence-electron chi connectivity index (χ3n) is 8.69. The molecule has 2 amide bonds. The molecular formula is C38H68N2O3. The molecule has 0 saturated heterocycles. The number of amides is 2. The average Bonchev–Trinajstić information content (AvgIpc) is 2.99. The Morgan fingerprint density at radius 1 is 0.651 bits per heavy atom. The minimum Gasteiger partial charge on any atom is -0.508 e. The van der Waals surface area contributed by atoms with E-state index in [1.165, 1.54) is 122 Å². The van der Waals surface area contributed by atoms with Gasteiger partial charge in [-0.15, -0.1) is 0 Å². The van der Waals surface area contributed by atoms with E-state index in [1.54, 1.807) is 6.07 Å². The van der Waals surface area contributed by atoms with Gasteiger partial charge in [0.05, 0.1) is 0 Å². The molecule has 43 heavy (non-hydrogen) atoms. The van der Waals surface area contributed by atoms with Crippen molar-refractivity contribution in [2.75, 3.05) is 6.54 Å². The standard InChI is InChI=1S/C38H68N2O3/c1-4-6-8-10-12-14-16-18-20-22-24-26-30-39-38(43)35(32-34-28-29-36(41)33(3)31-34)40-37(42)27-25-23-21-19-17-15-13-11-9-7-5-2/h28-29,31,35,41H,4-27,30,32H2,1-3H3,(H,39,43)(H,40,42). The summed E-state index contributed by atoms with van der Waals surface area (Å²) in [7, 11) is 0. The maximum absolute atomic E-state index is 13.1. The molecule has 5 heteroatoms. The normalized spacial score (nSPS) is 11.9. The van der Waals surface area contributed by atoms with Crippen LogP contribution in [0, 0.1) is 6.92 Å². The first-order chi connectivity index (χ1) is 21.0. The summed E-state index contributed by atoms with van der Waals surface area (Å²) in [5.74, 6) is 0.0929. The number of rotatable bonds is 29. The van der Waals surface area contributed by atoms with Crippen molar-refractivity contribution in [2.24, 2.45) is 0 Å². The molecule has 0 spiro atoms. The van der Waals surface area contributed by atoms with Crippen LogP contribution in [0.1, 0.15) is 179 Å². The second-order valence-corrected chi connectivity index (χ2v) is 12.9. The molecule has 0 fully saturated rings. The van der Waals surface area contributed by atoms with Gasteiger partial charge in [-0.1, -0.05) is 161 Å². The van der Waals surface area contributed by atoms with Crippen molar-refractivity contribution >= 4 is 11.8 Å². The molecule has 0 aliphatic heterocycles. The highest BCUT2D eigenvalue weighted by Gasteiger charge is 2.21. The second-order valence-electron chi connectivity index (χ2n) is 12.9. The number of carbonyl (C=O) groups excluding carboxylic acids is 2. The first-order valence-corrected chi connectivity index (χ1v) is 18.3. The van der Waals surface area contributed by atoms with Gasteiger partial charge < -0.3 is 15.7 Å². The summed E-state index contributed by atoms with van der Waals surface area (Å²) in [6, 6.07) is 4.81. The van der Waals surface area contributed by atoms with Gasteiger partial charge in [0.15, 0.2) is 0 Å². The molecule has 1 rings (SSSR count). The van der Waals surface area contributed by atoms with E-state index >= 15 is 0 Å². The highest BCUT2D eigenvalue weighted by atomic mass is 16.3. The van der Waals surface area contributed by atoms with Gasteiger partial charge >= 0.3 is 0 Å². The molecule has 0 aliphatic rings. The summed E-state index contributed by atoms with van der Waals surface area (Å²) in [6.45, 7) is 7.02. The molecule has 5 nitrogen and oxygen atoms in total. The molecule has 1 aromatic rings. The van der Waals surface area contributed by atoms with Crippen molar-refractivity contribution in [2.45, 2.75) is 187 Å². The highest BCUT2D eigenvalue weighted by molar-refractivity contribution is 5.87. The van der Waals surface area contributed by atoms with Crippen LogP contribution in [0.2, 0.25) is 0 Å². The molecule has 248 valence electrons. The lowest BCUT2D eigenvalue weighted by Gasteiger charge is -2.19. The van der Waals surface area contributed by atoms with Gasteiger partial charge in [-0.3, -0.25) is 9.59 Å². The van der Waals surface area contributed by atoms with Crippen LogP contribution >= 0.6 is 0 Å². The van der Waals surface area contributed by atoms with Gasteiger partial charge in [0.25, 0.3) is 0 Å². The van der Waals surface area contributed by atoms with Crippen molar-refractivity contribution in [3.8, 4) is 5.75 Å². The van der Waals surface area contributed by atoms with Gasteiger partial charge in [-0.05, 0) is 37.0 Å². The molecule has 1 atom stereocenters. The molecule has 0 saturated carbocycles. The molecule has 1 unspecified atom stereocenters. The van der Waals surface area contributed by atoms with E-state index in [1.807, 2.05) is 19.1 Å². The van der Waals surface area contributed by atoms with Gasteiger partial charge in [0, 0.05) is 19.4 Å². The predicted molar refractivity (Wildman–Crippen MR) is 184 cm³/mol. The topological polar surface area (TPSA) is 78.4 Å². The van der Waals surface area contributed by atoms with Crippen LogP contribution in [0.25, 0.3) is 0 Å². The Hall–Kier alpha value is -2.04. The lowest BCUT2D eigenvalue weighted by Crippen LogP contribution is -2.48. The largest absolute Gasteiger partial charge is 0.508 e. The van der Waals surface area contributed by atoms with Crippen LogP contribution in [-0.2, 0) is 16.0 Å². The minimum absolute atomic E-state index is 0.0445. The number of carbonyl (C=O) groups is 2. The number of aryl methyl sites for hydroxylation is 1. The Bertz CT molecular complexity index is 825. The summed E-state index contributed by atoms with van der Waals surface area (Å²) in [5.41, 5.74) is 1.72. The smallest absolute Gasteiger partial charge is 0.242 e. The zero-order chi connectivity index (χ0) is 31.4. The third-order valence-corrected chi connectivity index (χ3v) is 8.69. The average molecular weight is 601 g/mol. The van der Waals surface area contributed by atoms with E-state index in [-0.39, 0.29) is 17.6 Å². The first kappa shape index (κ1) is 39.0. The molecule has 1 aromatic carbocycles.